The van der Waals surface area contributed by atoms with Crippen molar-refractivity contribution in [1.82, 2.24) is 0 Å². The monoisotopic (exact) mass is 462 g/mol. The van der Waals surface area contributed by atoms with Crippen molar-refractivity contribution in [3.8, 4) is 11.5 Å². The van der Waals surface area contributed by atoms with E-state index in [0.717, 1.165) is 36.0 Å². The van der Waals surface area contributed by atoms with E-state index in [9.17, 15) is 0 Å². The van der Waals surface area contributed by atoms with E-state index in [-0.39, 0.29) is 12.5 Å². The van der Waals surface area contributed by atoms with E-state index in [1.54, 1.807) is 0 Å². The van der Waals surface area contributed by atoms with Crippen LogP contribution in [0.15, 0.2) is 109 Å². The Morgan fingerprint density at radius 1 is 0.543 bits per heavy atom. The Morgan fingerprint density at radius 3 is 1.34 bits per heavy atom. The van der Waals surface area contributed by atoms with Crippen LogP contribution in [0.5, 0.6) is 11.5 Å². The van der Waals surface area contributed by atoms with Crippen LogP contribution in [-0.4, -0.2) is 12.5 Å². The molecule has 176 valence electrons. The van der Waals surface area contributed by atoms with Crippen LogP contribution < -0.4 is 19.3 Å². The molecule has 6 rings (SSSR count). The molecule has 0 aliphatic carbocycles. The van der Waals surface area contributed by atoms with E-state index in [1.165, 1.54) is 11.1 Å². The summed E-state index contributed by atoms with van der Waals surface area (Å²) in [6, 6.07) is 37.8. The van der Waals surface area contributed by atoms with E-state index in [0.29, 0.717) is 0 Å². The molecule has 4 heteroatoms. The highest BCUT2D eigenvalue weighted by atomic mass is 16.5. The number of benzene rings is 4. The minimum absolute atomic E-state index is 0.235. The molecule has 0 bridgehead atoms. The van der Waals surface area contributed by atoms with Crippen LogP contribution in [0.25, 0.3) is 0 Å². The molecule has 0 radical (unpaired) electrons. The normalized spacial score (nSPS) is 19.3. The summed E-state index contributed by atoms with van der Waals surface area (Å²) in [5.41, 5.74) is 4.26. The van der Waals surface area contributed by atoms with Gasteiger partial charge in [-0.25, -0.2) is 0 Å². The number of ether oxygens (including phenoxy) is 2. The topological polar surface area (TPSA) is 24.9 Å². The molecule has 4 aromatic rings. The standard InChI is InChI=1S/C31H30N2O2/c1-31(2,29-32(25-15-5-3-6-16-25)21-23-13-9-11-19-27(23)34-29)30-33(26-17-7-4-8-18-26)22-24-14-10-12-20-28(24)35-30/h3-20,29-30H,21-22H2,1-2H3. The molecule has 0 N–H and O–H groups in total. The molecule has 4 aromatic carbocycles. The van der Waals surface area contributed by atoms with E-state index < -0.39 is 5.41 Å². The van der Waals surface area contributed by atoms with Crippen LogP contribution >= 0.6 is 0 Å². The average molecular weight is 463 g/mol. The Kier molecular flexibility index (Phi) is 5.37. The fourth-order valence-electron chi connectivity index (χ4n) is 5.32. The third kappa shape index (κ3) is 3.89. The quantitative estimate of drug-likeness (QED) is 0.331. The second kappa shape index (κ2) is 8.70. The Hall–Kier alpha value is -3.92. The summed E-state index contributed by atoms with van der Waals surface area (Å²) in [6.45, 7) is 6.08. The minimum atomic E-state index is -0.410. The van der Waals surface area contributed by atoms with Gasteiger partial charge < -0.3 is 19.3 Å². The summed E-state index contributed by atoms with van der Waals surface area (Å²) in [5, 5.41) is 0. The minimum Gasteiger partial charge on any atom is -0.469 e. The highest BCUT2D eigenvalue weighted by Crippen LogP contribution is 2.45. The van der Waals surface area contributed by atoms with Gasteiger partial charge in [0.05, 0.1) is 18.5 Å². The van der Waals surface area contributed by atoms with Gasteiger partial charge in [-0.3, -0.25) is 0 Å². The molecule has 4 nitrogen and oxygen atoms in total. The molecular weight excluding hydrogens is 432 g/mol. The maximum atomic E-state index is 6.81. The number of nitrogens with zero attached hydrogens (tertiary/aromatic N) is 2. The molecule has 0 fully saturated rings. The number of para-hydroxylation sites is 4. The van der Waals surface area contributed by atoms with Gasteiger partial charge in [0.25, 0.3) is 0 Å². The molecule has 2 heterocycles. The first-order valence-electron chi connectivity index (χ1n) is 12.2. The number of hydrogen-bond donors (Lipinski definition) is 0. The number of fused-ring (bicyclic) bond motifs is 2. The largest absolute Gasteiger partial charge is 0.469 e. The van der Waals surface area contributed by atoms with Crippen LogP contribution in [-0.2, 0) is 13.1 Å². The fourth-order valence-corrected chi connectivity index (χ4v) is 5.32. The molecule has 0 saturated heterocycles. The Labute approximate surface area is 207 Å². The second-order valence-corrected chi connectivity index (χ2v) is 9.90. The molecular formula is C31H30N2O2. The Bertz CT molecular complexity index is 1200. The number of rotatable bonds is 4. The van der Waals surface area contributed by atoms with Gasteiger partial charge in [0, 0.05) is 22.5 Å². The maximum absolute atomic E-state index is 6.81. The first-order valence-corrected chi connectivity index (χ1v) is 12.2. The molecule has 2 aliphatic heterocycles. The molecule has 0 saturated carbocycles. The molecule has 0 spiro atoms. The lowest BCUT2D eigenvalue weighted by Crippen LogP contribution is -2.62. The summed E-state index contributed by atoms with van der Waals surface area (Å²) in [5.74, 6) is 1.89. The smallest absolute Gasteiger partial charge is 0.183 e. The highest BCUT2D eigenvalue weighted by molar-refractivity contribution is 5.54. The second-order valence-electron chi connectivity index (χ2n) is 9.90. The number of anilines is 2. The SMILES string of the molecule is CC(C)(C1Oc2ccccc2CN1c1ccccc1)C1Oc2ccccc2CN1c1ccccc1. The van der Waals surface area contributed by atoms with Crippen LogP contribution in [0.4, 0.5) is 11.4 Å². The zero-order chi connectivity index (χ0) is 23.8. The van der Waals surface area contributed by atoms with Gasteiger partial charge in [0.2, 0.25) is 0 Å². The van der Waals surface area contributed by atoms with Crippen molar-refractivity contribution >= 4 is 11.4 Å². The summed E-state index contributed by atoms with van der Waals surface area (Å²) in [6.07, 6.45) is -0.470. The average Bonchev–Trinajstić information content (AvgIpc) is 2.92. The van der Waals surface area contributed by atoms with Crippen LogP contribution in [0.1, 0.15) is 25.0 Å². The highest BCUT2D eigenvalue weighted by Gasteiger charge is 2.50. The van der Waals surface area contributed by atoms with E-state index in [4.69, 9.17) is 9.47 Å². The van der Waals surface area contributed by atoms with Gasteiger partial charge >= 0.3 is 0 Å². The lowest BCUT2D eigenvalue weighted by Gasteiger charge is -2.52. The maximum Gasteiger partial charge on any atom is 0.183 e. The van der Waals surface area contributed by atoms with Crippen molar-refractivity contribution < 1.29 is 9.47 Å². The zero-order valence-electron chi connectivity index (χ0n) is 20.2. The molecule has 0 amide bonds. The Balaban J connectivity index is 1.45. The molecule has 35 heavy (non-hydrogen) atoms. The summed E-state index contributed by atoms with van der Waals surface area (Å²) < 4.78 is 13.6. The Morgan fingerprint density at radius 2 is 0.914 bits per heavy atom. The summed E-state index contributed by atoms with van der Waals surface area (Å²) >= 11 is 0. The van der Waals surface area contributed by atoms with Gasteiger partial charge in [-0.2, -0.15) is 0 Å². The molecule has 2 unspecified atom stereocenters. The van der Waals surface area contributed by atoms with Gasteiger partial charge in [-0.05, 0) is 50.2 Å². The first kappa shape index (κ1) is 21.6. The van der Waals surface area contributed by atoms with Crippen molar-refractivity contribution in [1.29, 1.82) is 0 Å². The lowest BCUT2D eigenvalue weighted by molar-refractivity contribution is -0.0355. The van der Waals surface area contributed by atoms with E-state index in [2.05, 4.69) is 121 Å². The van der Waals surface area contributed by atoms with Gasteiger partial charge in [-0.15, -0.1) is 0 Å². The van der Waals surface area contributed by atoms with Crippen LogP contribution in [0, 0.1) is 5.41 Å². The zero-order valence-corrected chi connectivity index (χ0v) is 20.2. The van der Waals surface area contributed by atoms with Crippen molar-refractivity contribution in [3.05, 3.63) is 120 Å². The van der Waals surface area contributed by atoms with Gasteiger partial charge in [0.15, 0.2) is 12.5 Å². The van der Waals surface area contributed by atoms with Crippen LogP contribution in [0.2, 0.25) is 0 Å². The number of hydrogen-bond acceptors (Lipinski definition) is 4. The molecule has 2 atom stereocenters. The molecule has 0 aromatic heterocycles. The lowest BCUT2D eigenvalue weighted by atomic mass is 9.84. The summed E-state index contributed by atoms with van der Waals surface area (Å²) in [7, 11) is 0. The third-order valence-corrected chi connectivity index (χ3v) is 7.12. The molecule has 2 aliphatic rings. The van der Waals surface area contributed by atoms with Crippen molar-refractivity contribution in [2.75, 3.05) is 9.80 Å². The van der Waals surface area contributed by atoms with Crippen molar-refractivity contribution in [3.63, 3.8) is 0 Å². The first-order chi connectivity index (χ1) is 17.1. The predicted octanol–water partition coefficient (Wildman–Crippen LogP) is 6.86. The third-order valence-electron chi connectivity index (χ3n) is 7.12. The summed E-state index contributed by atoms with van der Waals surface area (Å²) in [4.78, 5) is 4.74. The van der Waals surface area contributed by atoms with Gasteiger partial charge in [0.1, 0.15) is 11.5 Å². The van der Waals surface area contributed by atoms with Gasteiger partial charge in [-0.1, -0.05) is 72.8 Å². The van der Waals surface area contributed by atoms with Crippen molar-refractivity contribution in [2.24, 2.45) is 5.41 Å². The fraction of sp³-hybridized carbons (Fsp3) is 0.226. The predicted molar refractivity (Wildman–Crippen MR) is 141 cm³/mol. The van der Waals surface area contributed by atoms with E-state index in [1.807, 2.05) is 12.1 Å². The van der Waals surface area contributed by atoms with Crippen LogP contribution in [0.3, 0.4) is 0 Å². The van der Waals surface area contributed by atoms with Crippen molar-refractivity contribution in [2.45, 2.75) is 39.4 Å². The van der Waals surface area contributed by atoms with E-state index >= 15 is 0 Å².